The van der Waals surface area contributed by atoms with Crippen molar-refractivity contribution in [2.45, 2.75) is 31.3 Å². The van der Waals surface area contributed by atoms with Crippen LogP contribution in [0, 0.1) is 0 Å². The van der Waals surface area contributed by atoms with Gasteiger partial charge in [-0.25, -0.2) is 13.4 Å². The van der Waals surface area contributed by atoms with Crippen LogP contribution < -0.4 is 4.72 Å². The molecule has 0 saturated carbocycles. The second kappa shape index (κ2) is 7.14. The number of halogens is 1. The van der Waals surface area contributed by atoms with Gasteiger partial charge in [-0.05, 0) is 55.4 Å². The molecule has 2 heterocycles. The summed E-state index contributed by atoms with van der Waals surface area (Å²) in [5, 5.41) is 0.496. The van der Waals surface area contributed by atoms with Gasteiger partial charge in [0.1, 0.15) is 5.82 Å². The number of sulfonamides is 1. The lowest BCUT2D eigenvalue weighted by Crippen LogP contribution is -2.34. The van der Waals surface area contributed by atoms with Crippen LogP contribution in [0.25, 0.3) is 11.0 Å². The lowest BCUT2D eigenvalue weighted by molar-refractivity contribution is 0.219. The standard InChI is InChI=1S/C19H21ClN4O2S/c1-2-9-23-10-11-24-18-8-5-15(12-17(18)21-19(24)13-23)22-27(25,26)16-6-3-14(20)4-7-16/h3-8,12,22H,2,9-11,13H2,1H3. The maximum absolute atomic E-state index is 12.6. The van der Waals surface area contributed by atoms with Gasteiger partial charge in [0.05, 0.1) is 28.2 Å². The third-order valence-corrected chi connectivity index (χ3v) is 6.40. The number of rotatable bonds is 5. The molecular formula is C19H21ClN4O2S. The molecule has 1 aromatic heterocycles. The molecule has 0 bridgehead atoms. The summed E-state index contributed by atoms with van der Waals surface area (Å²) in [6.07, 6.45) is 1.12. The maximum Gasteiger partial charge on any atom is 0.261 e. The summed E-state index contributed by atoms with van der Waals surface area (Å²) >= 11 is 5.84. The first kappa shape index (κ1) is 18.3. The topological polar surface area (TPSA) is 67.2 Å². The molecule has 1 aliphatic heterocycles. The Labute approximate surface area is 163 Å². The van der Waals surface area contributed by atoms with E-state index in [1.807, 2.05) is 6.07 Å². The number of anilines is 1. The Kier molecular flexibility index (Phi) is 4.84. The number of benzene rings is 2. The molecule has 2 aromatic carbocycles. The van der Waals surface area contributed by atoms with E-state index in [1.165, 1.54) is 12.1 Å². The van der Waals surface area contributed by atoms with Crippen molar-refractivity contribution in [3.63, 3.8) is 0 Å². The Morgan fingerprint density at radius 2 is 1.93 bits per heavy atom. The molecule has 1 aliphatic rings. The van der Waals surface area contributed by atoms with E-state index in [2.05, 4.69) is 21.1 Å². The minimum Gasteiger partial charge on any atom is -0.326 e. The summed E-state index contributed by atoms with van der Waals surface area (Å²) in [6, 6.07) is 11.6. The predicted octanol–water partition coefficient (Wildman–Crippen LogP) is 3.72. The van der Waals surface area contributed by atoms with Gasteiger partial charge in [0.15, 0.2) is 0 Å². The molecule has 0 spiro atoms. The number of nitrogens with one attached hydrogen (secondary N) is 1. The summed E-state index contributed by atoms with van der Waals surface area (Å²) in [4.78, 5) is 7.30. The lowest BCUT2D eigenvalue weighted by atomic mass is 10.2. The zero-order valence-electron chi connectivity index (χ0n) is 15.0. The fourth-order valence-corrected chi connectivity index (χ4v) is 4.64. The molecule has 0 aliphatic carbocycles. The molecule has 3 aromatic rings. The fourth-order valence-electron chi connectivity index (χ4n) is 3.47. The van der Waals surface area contributed by atoms with Crippen molar-refractivity contribution in [3.8, 4) is 0 Å². The fraction of sp³-hybridized carbons (Fsp3) is 0.316. The summed E-state index contributed by atoms with van der Waals surface area (Å²) in [5.74, 6) is 1.03. The highest BCUT2D eigenvalue weighted by atomic mass is 35.5. The number of nitrogens with zero attached hydrogens (tertiary/aromatic N) is 3. The van der Waals surface area contributed by atoms with Crippen LogP contribution in [-0.2, 0) is 23.1 Å². The van der Waals surface area contributed by atoms with Crippen molar-refractivity contribution in [1.29, 1.82) is 0 Å². The van der Waals surface area contributed by atoms with Gasteiger partial charge in [0.2, 0.25) is 0 Å². The van der Waals surface area contributed by atoms with Crippen LogP contribution in [0.3, 0.4) is 0 Å². The molecule has 0 amide bonds. The molecule has 8 heteroatoms. The summed E-state index contributed by atoms with van der Waals surface area (Å²) in [5.41, 5.74) is 2.34. The van der Waals surface area contributed by atoms with Crippen molar-refractivity contribution in [1.82, 2.24) is 14.5 Å². The number of hydrogen-bond acceptors (Lipinski definition) is 4. The largest absolute Gasteiger partial charge is 0.326 e. The molecule has 27 heavy (non-hydrogen) atoms. The smallest absolute Gasteiger partial charge is 0.261 e. The van der Waals surface area contributed by atoms with Crippen molar-refractivity contribution in [2.24, 2.45) is 0 Å². The zero-order valence-corrected chi connectivity index (χ0v) is 16.6. The second-order valence-electron chi connectivity index (χ2n) is 6.72. The quantitative estimate of drug-likeness (QED) is 0.703. The van der Waals surface area contributed by atoms with Crippen molar-refractivity contribution in [3.05, 3.63) is 53.3 Å². The molecule has 0 unspecified atom stereocenters. The third-order valence-electron chi connectivity index (χ3n) is 4.75. The molecule has 1 N–H and O–H groups in total. The van der Waals surface area contributed by atoms with E-state index in [-0.39, 0.29) is 4.90 Å². The van der Waals surface area contributed by atoms with E-state index >= 15 is 0 Å². The Hall–Kier alpha value is -2.09. The van der Waals surface area contributed by atoms with Crippen molar-refractivity contribution in [2.75, 3.05) is 17.8 Å². The van der Waals surface area contributed by atoms with Gasteiger partial charge in [-0.1, -0.05) is 18.5 Å². The van der Waals surface area contributed by atoms with Gasteiger partial charge in [-0.3, -0.25) is 9.62 Å². The molecule has 0 atom stereocenters. The van der Waals surface area contributed by atoms with Crippen LogP contribution in [0.4, 0.5) is 5.69 Å². The predicted molar refractivity (Wildman–Crippen MR) is 108 cm³/mol. The van der Waals surface area contributed by atoms with Gasteiger partial charge in [-0.2, -0.15) is 0 Å². The van der Waals surface area contributed by atoms with Crippen LogP contribution in [-0.4, -0.2) is 36.0 Å². The highest BCUT2D eigenvalue weighted by Crippen LogP contribution is 2.25. The van der Waals surface area contributed by atoms with Crippen LogP contribution in [0.5, 0.6) is 0 Å². The molecule has 142 valence electrons. The summed E-state index contributed by atoms with van der Waals surface area (Å²) in [6.45, 7) is 5.99. The monoisotopic (exact) mass is 404 g/mol. The Morgan fingerprint density at radius 1 is 1.15 bits per heavy atom. The molecular weight excluding hydrogens is 384 g/mol. The minimum absolute atomic E-state index is 0.173. The summed E-state index contributed by atoms with van der Waals surface area (Å²) < 4.78 is 30.0. The first-order chi connectivity index (χ1) is 13.0. The molecule has 4 rings (SSSR count). The third kappa shape index (κ3) is 3.67. The first-order valence-electron chi connectivity index (χ1n) is 8.96. The van der Waals surface area contributed by atoms with E-state index in [9.17, 15) is 8.42 Å². The number of imidazole rings is 1. The number of aromatic nitrogens is 2. The second-order valence-corrected chi connectivity index (χ2v) is 8.84. The van der Waals surface area contributed by atoms with Crippen LogP contribution in [0.2, 0.25) is 5.02 Å². The van der Waals surface area contributed by atoms with Gasteiger partial charge in [0.25, 0.3) is 10.0 Å². The average molecular weight is 405 g/mol. The van der Waals surface area contributed by atoms with Gasteiger partial charge in [0, 0.05) is 18.1 Å². The summed E-state index contributed by atoms with van der Waals surface area (Å²) in [7, 11) is -3.67. The molecule has 0 saturated heterocycles. The van der Waals surface area contributed by atoms with Gasteiger partial charge < -0.3 is 4.57 Å². The van der Waals surface area contributed by atoms with E-state index in [0.717, 1.165) is 49.5 Å². The highest BCUT2D eigenvalue weighted by molar-refractivity contribution is 7.92. The average Bonchev–Trinajstić information content (AvgIpc) is 2.98. The van der Waals surface area contributed by atoms with E-state index < -0.39 is 10.0 Å². The molecule has 0 fully saturated rings. The van der Waals surface area contributed by atoms with Gasteiger partial charge >= 0.3 is 0 Å². The normalized spacial score (nSPS) is 15.0. The minimum atomic E-state index is -3.67. The number of hydrogen-bond donors (Lipinski definition) is 1. The Bertz CT molecular complexity index is 1080. The van der Waals surface area contributed by atoms with Crippen molar-refractivity contribution >= 4 is 38.3 Å². The lowest BCUT2D eigenvalue weighted by Gasteiger charge is -2.27. The Balaban J connectivity index is 1.62. The van der Waals surface area contributed by atoms with Crippen molar-refractivity contribution < 1.29 is 8.42 Å². The SMILES string of the molecule is CCCN1CCn2c(nc3cc(NS(=O)(=O)c4ccc(Cl)cc4)ccc32)C1. The van der Waals surface area contributed by atoms with Crippen LogP contribution in [0.1, 0.15) is 19.2 Å². The van der Waals surface area contributed by atoms with E-state index in [1.54, 1.807) is 24.3 Å². The highest BCUT2D eigenvalue weighted by Gasteiger charge is 2.20. The molecule has 6 nitrogen and oxygen atoms in total. The van der Waals surface area contributed by atoms with E-state index in [4.69, 9.17) is 16.6 Å². The van der Waals surface area contributed by atoms with Crippen LogP contribution >= 0.6 is 11.6 Å². The molecule has 0 radical (unpaired) electrons. The van der Waals surface area contributed by atoms with E-state index in [0.29, 0.717) is 10.7 Å². The van der Waals surface area contributed by atoms with Gasteiger partial charge in [-0.15, -0.1) is 0 Å². The van der Waals surface area contributed by atoms with Crippen LogP contribution in [0.15, 0.2) is 47.4 Å². The maximum atomic E-state index is 12.6. The number of fused-ring (bicyclic) bond motifs is 3. The Morgan fingerprint density at radius 3 is 2.67 bits per heavy atom. The first-order valence-corrected chi connectivity index (χ1v) is 10.8. The zero-order chi connectivity index (χ0) is 19.0.